The molecular weight excluding hydrogens is 362 g/mol. The Hall–Kier alpha value is -3.39. The van der Waals surface area contributed by atoms with Crippen LogP contribution in [-0.4, -0.2) is 15.6 Å². The fourth-order valence-corrected chi connectivity index (χ4v) is 2.80. The van der Waals surface area contributed by atoms with Crippen molar-refractivity contribution in [1.29, 1.82) is 0 Å². The van der Waals surface area contributed by atoms with Gasteiger partial charge in [-0.1, -0.05) is 48.5 Å². The average Bonchev–Trinajstić information content (AvgIpc) is 2.95. The van der Waals surface area contributed by atoms with Gasteiger partial charge < -0.3 is 10.5 Å². The molecule has 0 saturated carbocycles. The lowest BCUT2D eigenvalue weighted by Gasteiger charge is -2.11. The van der Waals surface area contributed by atoms with Gasteiger partial charge in [0.15, 0.2) is 10.8 Å². The maximum atomic E-state index is 12.4. The van der Waals surface area contributed by atoms with Gasteiger partial charge in [-0.3, -0.25) is 15.6 Å². The molecule has 1 amide bonds. The highest BCUT2D eigenvalue weighted by Crippen LogP contribution is 2.09. The molecule has 0 aliphatic carbocycles. The topological polar surface area (TPSA) is 85.0 Å². The molecular formula is C19H19N5O2S. The van der Waals surface area contributed by atoms with Crippen LogP contribution in [-0.2, 0) is 6.54 Å². The monoisotopic (exact) mass is 381 g/mol. The second kappa shape index (κ2) is 8.33. The number of rotatable bonds is 4. The third-order valence-corrected chi connectivity index (χ3v) is 4.17. The van der Waals surface area contributed by atoms with Gasteiger partial charge in [-0.15, -0.1) is 0 Å². The Morgan fingerprint density at radius 1 is 1.07 bits per heavy atom. The quantitative estimate of drug-likeness (QED) is 0.279. The molecule has 0 radical (unpaired) electrons. The number of benzene rings is 2. The summed E-state index contributed by atoms with van der Waals surface area (Å²) >= 11 is 5.13. The third-order valence-electron chi connectivity index (χ3n) is 3.97. The summed E-state index contributed by atoms with van der Waals surface area (Å²) in [6.45, 7) is 2.23. The number of nitrogens with zero attached hydrogens (tertiary/aromatic N) is 2. The van der Waals surface area contributed by atoms with E-state index in [0.29, 0.717) is 17.0 Å². The number of imidazole rings is 1. The highest BCUT2D eigenvalue weighted by molar-refractivity contribution is 7.80. The second-order valence-electron chi connectivity index (χ2n) is 5.89. The van der Waals surface area contributed by atoms with Crippen molar-refractivity contribution in [2.24, 2.45) is 0 Å². The summed E-state index contributed by atoms with van der Waals surface area (Å²) in [5.41, 5.74) is 7.45. The number of carbonyl (C=O) groups excluding carboxylic acids is 1. The van der Waals surface area contributed by atoms with Crippen molar-refractivity contribution >= 4 is 28.9 Å². The Bertz CT molecular complexity index is 941. The summed E-state index contributed by atoms with van der Waals surface area (Å²) in [4.78, 5) is 12.4. The zero-order chi connectivity index (χ0) is 19.2. The number of hydrogen-bond donors (Lipinski definition) is 3. The highest BCUT2D eigenvalue weighted by Gasteiger charge is 2.23. The van der Waals surface area contributed by atoms with Gasteiger partial charge in [0.05, 0.1) is 0 Å². The zero-order valence-electron chi connectivity index (χ0n) is 14.7. The fraction of sp³-hybridized carbons (Fsp3) is 0.105. The first-order valence-corrected chi connectivity index (χ1v) is 8.70. The number of carbonyl (C=O) groups is 1. The SMILES string of the molecule is Cc1c(C(=O)NNC(=S)Nc2ccccc2)[n+]([O-])cn1Cc1ccccc1. The van der Waals surface area contributed by atoms with Crippen LogP contribution >= 0.6 is 12.2 Å². The van der Waals surface area contributed by atoms with Crippen molar-refractivity contribution < 1.29 is 9.52 Å². The van der Waals surface area contributed by atoms with Crippen LogP contribution in [0.4, 0.5) is 5.69 Å². The summed E-state index contributed by atoms with van der Waals surface area (Å²) in [5.74, 6) is -0.563. The van der Waals surface area contributed by atoms with Gasteiger partial charge >= 0.3 is 5.91 Å². The van der Waals surface area contributed by atoms with Gasteiger partial charge in [0.1, 0.15) is 6.54 Å². The molecule has 3 rings (SSSR count). The first kappa shape index (κ1) is 18.4. The van der Waals surface area contributed by atoms with Gasteiger partial charge in [-0.2, -0.15) is 0 Å². The normalized spacial score (nSPS) is 10.3. The number of para-hydroxylation sites is 1. The molecule has 8 heteroatoms. The minimum Gasteiger partial charge on any atom is -0.710 e. The number of hydrogen-bond acceptors (Lipinski definition) is 3. The number of hydrazine groups is 1. The van der Waals surface area contributed by atoms with Crippen molar-refractivity contribution in [2.75, 3.05) is 5.32 Å². The van der Waals surface area contributed by atoms with E-state index in [1.165, 1.54) is 6.33 Å². The fourth-order valence-electron chi connectivity index (χ4n) is 2.63. The van der Waals surface area contributed by atoms with Crippen LogP contribution in [0.15, 0.2) is 67.0 Å². The van der Waals surface area contributed by atoms with Gasteiger partial charge in [-0.05, 0) is 29.9 Å². The van der Waals surface area contributed by atoms with E-state index < -0.39 is 5.91 Å². The number of anilines is 1. The molecule has 3 N–H and O–H groups in total. The largest absolute Gasteiger partial charge is 0.710 e. The Morgan fingerprint density at radius 2 is 1.70 bits per heavy atom. The molecule has 0 atom stereocenters. The summed E-state index contributed by atoms with van der Waals surface area (Å²) in [5, 5.41) is 15.3. The van der Waals surface area contributed by atoms with Crippen LogP contribution in [0.25, 0.3) is 0 Å². The zero-order valence-corrected chi connectivity index (χ0v) is 15.5. The van der Waals surface area contributed by atoms with Gasteiger partial charge in [0.25, 0.3) is 0 Å². The Morgan fingerprint density at radius 3 is 2.37 bits per heavy atom. The van der Waals surface area contributed by atoms with Crippen LogP contribution in [0.5, 0.6) is 0 Å². The predicted octanol–water partition coefficient (Wildman–Crippen LogP) is 2.11. The Kier molecular flexibility index (Phi) is 5.68. The molecule has 2 aromatic carbocycles. The van der Waals surface area contributed by atoms with E-state index in [-0.39, 0.29) is 10.8 Å². The van der Waals surface area contributed by atoms with E-state index in [4.69, 9.17) is 12.2 Å². The van der Waals surface area contributed by atoms with Crippen LogP contribution in [0.3, 0.4) is 0 Å². The molecule has 3 aromatic rings. The number of amides is 1. The Balaban J connectivity index is 1.63. The van der Waals surface area contributed by atoms with E-state index in [0.717, 1.165) is 11.3 Å². The third kappa shape index (κ3) is 4.62. The van der Waals surface area contributed by atoms with E-state index in [1.54, 1.807) is 11.5 Å². The van der Waals surface area contributed by atoms with Crippen molar-refractivity contribution in [2.45, 2.75) is 13.5 Å². The standard InChI is InChI=1S/C19H19N5O2S/c1-14-17(24(26)13-23(14)12-15-8-4-2-5-9-15)18(25)21-22-19(27)20-16-10-6-3-7-11-16/h2-11,13H,12H2,1H3,(H,21,25)(H2,20,22,27). The first-order valence-electron chi connectivity index (χ1n) is 8.30. The molecule has 0 aliphatic heterocycles. The van der Waals surface area contributed by atoms with Crippen LogP contribution in [0, 0.1) is 12.1 Å². The van der Waals surface area contributed by atoms with E-state index in [9.17, 15) is 10.0 Å². The van der Waals surface area contributed by atoms with Crippen LogP contribution in [0.2, 0.25) is 0 Å². The molecule has 0 spiro atoms. The molecule has 138 valence electrons. The molecule has 0 aliphatic rings. The van der Waals surface area contributed by atoms with E-state index >= 15 is 0 Å². The number of nitrogens with one attached hydrogen (secondary N) is 3. The molecule has 0 fully saturated rings. The number of aromatic nitrogens is 2. The highest BCUT2D eigenvalue weighted by atomic mass is 32.1. The van der Waals surface area contributed by atoms with Gasteiger partial charge in [0, 0.05) is 12.6 Å². The lowest BCUT2D eigenvalue weighted by atomic mass is 10.2. The molecule has 0 bridgehead atoms. The second-order valence-corrected chi connectivity index (χ2v) is 6.30. The Labute approximate surface area is 162 Å². The maximum Gasteiger partial charge on any atom is 0.314 e. The summed E-state index contributed by atoms with van der Waals surface area (Å²) in [6.07, 6.45) is 1.36. The van der Waals surface area contributed by atoms with E-state index in [1.807, 2.05) is 60.7 Å². The summed E-state index contributed by atoms with van der Waals surface area (Å²) in [6, 6.07) is 19.0. The van der Waals surface area contributed by atoms with Crippen molar-refractivity contribution in [1.82, 2.24) is 15.4 Å². The van der Waals surface area contributed by atoms with Gasteiger partial charge in [-0.25, -0.2) is 9.30 Å². The smallest absolute Gasteiger partial charge is 0.314 e. The molecule has 7 nitrogen and oxygen atoms in total. The minimum atomic E-state index is -0.563. The maximum absolute atomic E-state index is 12.4. The molecule has 27 heavy (non-hydrogen) atoms. The minimum absolute atomic E-state index is 0.0148. The lowest BCUT2D eigenvalue weighted by molar-refractivity contribution is -0.607. The van der Waals surface area contributed by atoms with Crippen LogP contribution < -0.4 is 20.9 Å². The molecule has 0 saturated heterocycles. The summed E-state index contributed by atoms with van der Waals surface area (Å²) in [7, 11) is 0. The van der Waals surface area contributed by atoms with Gasteiger partial charge in [0.2, 0.25) is 12.0 Å². The van der Waals surface area contributed by atoms with E-state index in [2.05, 4.69) is 16.2 Å². The molecule has 1 heterocycles. The van der Waals surface area contributed by atoms with Crippen molar-refractivity contribution in [3.05, 3.63) is 89.1 Å². The molecule has 0 unspecified atom stereocenters. The van der Waals surface area contributed by atoms with Crippen molar-refractivity contribution in [3.63, 3.8) is 0 Å². The predicted molar refractivity (Wildman–Crippen MR) is 107 cm³/mol. The first-order chi connectivity index (χ1) is 13.0. The van der Waals surface area contributed by atoms with Crippen molar-refractivity contribution in [3.8, 4) is 0 Å². The average molecular weight is 381 g/mol. The summed E-state index contributed by atoms with van der Waals surface area (Å²) < 4.78 is 2.29. The van der Waals surface area contributed by atoms with Crippen LogP contribution in [0.1, 0.15) is 21.7 Å². The lowest BCUT2D eigenvalue weighted by Crippen LogP contribution is -2.47. The number of thiocarbonyl (C=S) groups is 1. The molecule has 1 aromatic heterocycles.